The van der Waals surface area contributed by atoms with Gasteiger partial charge in [-0.25, -0.2) is 0 Å². The van der Waals surface area contributed by atoms with Crippen molar-refractivity contribution < 1.29 is 14.5 Å². The predicted molar refractivity (Wildman–Crippen MR) is 86.0 cm³/mol. The maximum atomic E-state index is 12.5. The third-order valence-electron chi connectivity index (χ3n) is 4.16. The van der Waals surface area contributed by atoms with E-state index in [1.54, 1.807) is 4.68 Å². The normalized spacial score (nSPS) is 16.3. The maximum Gasteiger partial charge on any atom is 0.311 e. The minimum Gasteiger partial charge on any atom is -0.490 e. The van der Waals surface area contributed by atoms with Crippen molar-refractivity contribution in [1.82, 2.24) is 15.1 Å². The van der Waals surface area contributed by atoms with Crippen LogP contribution in [0.3, 0.4) is 0 Å². The molecule has 1 unspecified atom stereocenters. The fourth-order valence-corrected chi connectivity index (χ4v) is 3.03. The molecule has 0 aliphatic heterocycles. The molecule has 1 amide bonds. The number of amides is 1. The molecular weight excluding hydrogens is 312 g/mol. The van der Waals surface area contributed by atoms with Gasteiger partial charge in [0.15, 0.2) is 5.75 Å². The minimum absolute atomic E-state index is 0.128. The first kappa shape index (κ1) is 16.0. The first-order valence-corrected chi connectivity index (χ1v) is 7.65. The molecule has 1 atom stereocenters. The molecule has 0 saturated carbocycles. The summed E-state index contributed by atoms with van der Waals surface area (Å²) in [6.07, 6.45) is 4.58. The summed E-state index contributed by atoms with van der Waals surface area (Å²) in [6, 6.07) is 4.06. The zero-order chi connectivity index (χ0) is 17.3. The van der Waals surface area contributed by atoms with Crippen molar-refractivity contribution in [1.29, 1.82) is 0 Å². The van der Waals surface area contributed by atoms with E-state index in [-0.39, 0.29) is 28.9 Å². The quantitative estimate of drug-likeness (QED) is 0.684. The highest BCUT2D eigenvalue weighted by Gasteiger charge is 2.26. The molecule has 1 aromatic carbocycles. The van der Waals surface area contributed by atoms with Crippen LogP contribution in [0.1, 0.15) is 40.5 Å². The first-order chi connectivity index (χ1) is 11.5. The number of fused-ring (bicyclic) bond motifs is 1. The van der Waals surface area contributed by atoms with Crippen molar-refractivity contribution in [3.8, 4) is 5.75 Å². The van der Waals surface area contributed by atoms with Gasteiger partial charge < -0.3 is 10.1 Å². The molecule has 126 valence electrons. The number of benzene rings is 1. The lowest BCUT2D eigenvalue weighted by atomic mass is 9.93. The molecule has 24 heavy (non-hydrogen) atoms. The third-order valence-corrected chi connectivity index (χ3v) is 4.16. The number of nitro groups is 1. The second-order valence-electron chi connectivity index (χ2n) is 5.77. The average molecular weight is 330 g/mol. The molecule has 0 saturated heterocycles. The van der Waals surface area contributed by atoms with Crippen LogP contribution >= 0.6 is 0 Å². The first-order valence-electron chi connectivity index (χ1n) is 7.65. The van der Waals surface area contributed by atoms with Gasteiger partial charge in [-0.2, -0.15) is 5.10 Å². The summed E-state index contributed by atoms with van der Waals surface area (Å²) in [4.78, 5) is 23.0. The summed E-state index contributed by atoms with van der Waals surface area (Å²) < 4.78 is 6.70. The fourth-order valence-electron chi connectivity index (χ4n) is 3.03. The van der Waals surface area contributed by atoms with Crippen molar-refractivity contribution in [2.45, 2.75) is 25.3 Å². The van der Waals surface area contributed by atoms with Gasteiger partial charge in [0.25, 0.3) is 5.91 Å². The number of aromatic nitrogens is 2. The monoisotopic (exact) mass is 330 g/mol. The van der Waals surface area contributed by atoms with Crippen LogP contribution in [-0.4, -0.2) is 27.7 Å². The molecule has 0 spiro atoms. The Labute approximate surface area is 138 Å². The van der Waals surface area contributed by atoms with Gasteiger partial charge in [-0.05, 0) is 31.4 Å². The van der Waals surface area contributed by atoms with Crippen LogP contribution in [0.4, 0.5) is 5.69 Å². The summed E-state index contributed by atoms with van der Waals surface area (Å²) in [5.41, 5.74) is 2.02. The van der Waals surface area contributed by atoms with Gasteiger partial charge in [0.05, 0.1) is 23.8 Å². The van der Waals surface area contributed by atoms with Crippen LogP contribution in [0.25, 0.3) is 0 Å². The molecule has 1 aromatic heterocycles. The Bertz CT molecular complexity index is 799. The zero-order valence-electron chi connectivity index (χ0n) is 13.5. The number of hydrogen-bond donors (Lipinski definition) is 1. The van der Waals surface area contributed by atoms with Gasteiger partial charge in [-0.1, -0.05) is 0 Å². The number of carbonyl (C=O) groups is 1. The van der Waals surface area contributed by atoms with Gasteiger partial charge in [0, 0.05) is 30.4 Å². The lowest BCUT2D eigenvalue weighted by molar-refractivity contribution is -0.385. The highest BCUT2D eigenvalue weighted by Crippen LogP contribution is 2.30. The van der Waals surface area contributed by atoms with E-state index in [2.05, 4.69) is 10.4 Å². The number of nitrogens with zero attached hydrogens (tertiary/aromatic N) is 3. The number of aryl methyl sites for hydroxylation is 2. The van der Waals surface area contributed by atoms with Gasteiger partial charge in [-0.15, -0.1) is 0 Å². The van der Waals surface area contributed by atoms with Crippen molar-refractivity contribution in [3.63, 3.8) is 0 Å². The number of carbonyl (C=O) groups excluding carboxylic acids is 1. The van der Waals surface area contributed by atoms with Crippen molar-refractivity contribution >= 4 is 11.6 Å². The predicted octanol–water partition coefficient (Wildman–Crippen LogP) is 2.14. The van der Waals surface area contributed by atoms with Crippen LogP contribution in [0.15, 0.2) is 24.4 Å². The molecule has 1 aliphatic rings. The SMILES string of the molecule is COc1ccc(C(=O)NC2CCCc3nn(C)cc32)cc1[N+](=O)[O-]. The zero-order valence-corrected chi connectivity index (χ0v) is 13.5. The van der Waals surface area contributed by atoms with Gasteiger partial charge in [-0.3, -0.25) is 19.6 Å². The summed E-state index contributed by atoms with van der Waals surface area (Å²) >= 11 is 0. The highest BCUT2D eigenvalue weighted by molar-refractivity contribution is 5.95. The molecule has 2 aromatic rings. The van der Waals surface area contributed by atoms with Gasteiger partial charge in [0.1, 0.15) is 0 Å². The van der Waals surface area contributed by atoms with E-state index >= 15 is 0 Å². The molecule has 1 aliphatic carbocycles. The van der Waals surface area contributed by atoms with E-state index in [0.29, 0.717) is 0 Å². The van der Waals surface area contributed by atoms with Gasteiger partial charge in [0.2, 0.25) is 0 Å². The van der Waals surface area contributed by atoms with Crippen LogP contribution in [0.2, 0.25) is 0 Å². The number of hydrogen-bond acceptors (Lipinski definition) is 5. The Hall–Kier alpha value is -2.90. The Morgan fingerprint density at radius 2 is 2.29 bits per heavy atom. The Morgan fingerprint density at radius 1 is 1.50 bits per heavy atom. The second-order valence-corrected chi connectivity index (χ2v) is 5.77. The second kappa shape index (κ2) is 6.31. The number of nitrogens with one attached hydrogen (secondary N) is 1. The number of methoxy groups -OCH3 is 1. The van der Waals surface area contributed by atoms with Crippen LogP contribution in [-0.2, 0) is 13.5 Å². The lowest BCUT2D eigenvalue weighted by Crippen LogP contribution is -2.30. The Kier molecular flexibility index (Phi) is 4.20. The fraction of sp³-hybridized carbons (Fsp3) is 0.375. The van der Waals surface area contributed by atoms with E-state index in [1.165, 1.54) is 25.3 Å². The van der Waals surface area contributed by atoms with E-state index in [0.717, 1.165) is 30.5 Å². The number of ether oxygens (including phenoxy) is 1. The van der Waals surface area contributed by atoms with E-state index < -0.39 is 4.92 Å². The third kappa shape index (κ3) is 2.94. The number of rotatable bonds is 4. The molecular formula is C16H18N4O4. The van der Waals surface area contributed by atoms with Crippen molar-refractivity contribution in [3.05, 3.63) is 51.3 Å². The summed E-state index contributed by atoms with van der Waals surface area (Å²) in [7, 11) is 3.21. The van der Waals surface area contributed by atoms with E-state index in [4.69, 9.17) is 4.74 Å². The molecule has 1 N–H and O–H groups in total. The van der Waals surface area contributed by atoms with Crippen LogP contribution in [0.5, 0.6) is 5.75 Å². The molecule has 8 nitrogen and oxygen atoms in total. The summed E-state index contributed by atoms with van der Waals surface area (Å²) in [6.45, 7) is 0. The molecule has 0 radical (unpaired) electrons. The van der Waals surface area contributed by atoms with Crippen molar-refractivity contribution in [2.24, 2.45) is 7.05 Å². The molecule has 0 bridgehead atoms. The topological polar surface area (TPSA) is 99.3 Å². The molecule has 1 heterocycles. The largest absolute Gasteiger partial charge is 0.490 e. The molecule has 8 heteroatoms. The smallest absolute Gasteiger partial charge is 0.311 e. The number of nitro benzene ring substituents is 1. The van der Waals surface area contributed by atoms with Crippen LogP contribution in [0, 0.1) is 10.1 Å². The lowest BCUT2D eigenvalue weighted by Gasteiger charge is -2.22. The van der Waals surface area contributed by atoms with Crippen molar-refractivity contribution in [2.75, 3.05) is 7.11 Å². The standard InChI is InChI=1S/C16H18N4O4/c1-19-9-11-12(4-3-5-13(11)18-19)17-16(21)10-6-7-15(24-2)14(8-10)20(22)23/h6-9,12H,3-5H2,1-2H3,(H,17,21). The van der Waals surface area contributed by atoms with Gasteiger partial charge >= 0.3 is 5.69 Å². The maximum absolute atomic E-state index is 12.5. The van der Waals surface area contributed by atoms with Crippen LogP contribution < -0.4 is 10.1 Å². The summed E-state index contributed by atoms with van der Waals surface area (Å²) in [5.74, 6) is -0.216. The van der Waals surface area contributed by atoms with E-state index in [1.807, 2.05) is 13.2 Å². The Balaban J connectivity index is 1.83. The van der Waals surface area contributed by atoms with E-state index in [9.17, 15) is 14.9 Å². The summed E-state index contributed by atoms with van der Waals surface area (Å²) in [5, 5.41) is 18.4. The molecule has 3 rings (SSSR count). The minimum atomic E-state index is -0.560. The average Bonchev–Trinajstić information content (AvgIpc) is 2.95. The Morgan fingerprint density at radius 3 is 3.00 bits per heavy atom. The molecule has 0 fully saturated rings. The highest BCUT2D eigenvalue weighted by atomic mass is 16.6.